The second kappa shape index (κ2) is 8.01. The zero-order valence-corrected chi connectivity index (χ0v) is 17.6. The summed E-state index contributed by atoms with van der Waals surface area (Å²) >= 11 is 7.98. The predicted molar refractivity (Wildman–Crippen MR) is 111 cm³/mol. The van der Waals surface area contributed by atoms with E-state index in [-0.39, 0.29) is 0 Å². The van der Waals surface area contributed by atoms with Gasteiger partial charge in [0.25, 0.3) is 0 Å². The van der Waals surface area contributed by atoms with E-state index in [2.05, 4.69) is 31.3 Å². The number of rotatable bonds is 7. The molecule has 146 valence electrons. The third-order valence-corrected chi connectivity index (χ3v) is 6.34. The van der Waals surface area contributed by atoms with Crippen molar-refractivity contribution in [3.05, 3.63) is 56.4 Å². The molecule has 28 heavy (non-hydrogen) atoms. The topological polar surface area (TPSA) is 72.8 Å². The van der Waals surface area contributed by atoms with E-state index in [1.807, 2.05) is 39.1 Å². The first-order valence-corrected chi connectivity index (χ1v) is 10.5. The van der Waals surface area contributed by atoms with Gasteiger partial charge in [-0.1, -0.05) is 17.7 Å². The van der Waals surface area contributed by atoms with E-state index in [9.17, 15) is 0 Å². The Balaban J connectivity index is 1.39. The summed E-state index contributed by atoms with van der Waals surface area (Å²) in [5, 5.41) is 4.81. The molecule has 4 rings (SSSR count). The van der Waals surface area contributed by atoms with Crippen molar-refractivity contribution >= 4 is 28.8 Å². The van der Waals surface area contributed by atoms with Crippen LogP contribution >= 0.6 is 22.9 Å². The summed E-state index contributed by atoms with van der Waals surface area (Å²) in [6.07, 6.45) is 2.91. The van der Waals surface area contributed by atoms with Gasteiger partial charge in [-0.15, -0.1) is 11.3 Å². The largest absolute Gasteiger partial charge is 0.463 e. The van der Waals surface area contributed by atoms with E-state index in [1.165, 1.54) is 4.88 Å². The fourth-order valence-corrected chi connectivity index (χ4v) is 4.22. The molecule has 0 amide bonds. The maximum atomic E-state index is 6.30. The Kier molecular flexibility index (Phi) is 5.46. The average molecular weight is 416 g/mol. The van der Waals surface area contributed by atoms with Crippen LogP contribution in [0.5, 0.6) is 6.01 Å². The van der Waals surface area contributed by atoms with Gasteiger partial charge in [0.05, 0.1) is 23.9 Å². The highest BCUT2D eigenvalue weighted by molar-refractivity contribution is 7.11. The summed E-state index contributed by atoms with van der Waals surface area (Å²) in [6, 6.07) is 6.33. The summed E-state index contributed by atoms with van der Waals surface area (Å²) in [4.78, 5) is 18.9. The fraction of sp³-hybridized carbons (Fsp3) is 0.400. The number of nitrogens with zero attached hydrogens (tertiary/aromatic N) is 4. The van der Waals surface area contributed by atoms with Crippen LogP contribution in [0.4, 0.5) is 5.82 Å². The van der Waals surface area contributed by atoms with Gasteiger partial charge in [0.2, 0.25) is 0 Å². The normalized spacial score (nSPS) is 18.1. The molecule has 1 aliphatic rings. The molecule has 1 aliphatic carbocycles. The van der Waals surface area contributed by atoms with Crippen LogP contribution in [-0.4, -0.2) is 26.5 Å². The van der Waals surface area contributed by atoms with Crippen LogP contribution in [0, 0.1) is 26.7 Å². The van der Waals surface area contributed by atoms with Crippen molar-refractivity contribution in [3.8, 4) is 6.01 Å². The lowest BCUT2D eigenvalue weighted by atomic mass is 10.2. The quantitative estimate of drug-likeness (QED) is 0.564. The van der Waals surface area contributed by atoms with E-state index < -0.39 is 0 Å². The first kappa shape index (κ1) is 19.1. The SMILES string of the molecule is Cc1nc(C)c(CNc2nc(OC[C@H]3C[C@H]3c3ccccn3)nc(Cl)c2C)s1. The van der Waals surface area contributed by atoms with Gasteiger partial charge >= 0.3 is 6.01 Å². The molecule has 0 bridgehead atoms. The van der Waals surface area contributed by atoms with Crippen molar-refractivity contribution in [2.75, 3.05) is 11.9 Å². The molecule has 0 saturated heterocycles. The standard InChI is InChI=1S/C20H22ClN5OS/c1-11-18(21)25-20(26-19(11)23-9-17-12(2)24-13(3)28-17)27-10-14-8-15(14)16-6-4-5-7-22-16/h4-7,14-15H,8-10H2,1-3H3,(H,23,25,26)/t14-,15-/m1/s1. The number of anilines is 1. The van der Waals surface area contributed by atoms with Crippen LogP contribution in [-0.2, 0) is 6.54 Å². The number of hydrogen-bond donors (Lipinski definition) is 1. The average Bonchev–Trinajstić information content (AvgIpc) is 3.39. The summed E-state index contributed by atoms with van der Waals surface area (Å²) in [5.74, 6) is 1.59. The highest BCUT2D eigenvalue weighted by Gasteiger charge is 2.40. The molecule has 3 heterocycles. The molecule has 1 fully saturated rings. The van der Waals surface area contributed by atoms with Crippen LogP contribution in [0.3, 0.4) is 0 Å². The number of ether oxygens (including phenoxy) is 1. The van der Waals surface area contributed by atoms with Gasteiger partial charge in [0, 0.05) is 34.2 Å². The van der Waals surface area contributed by atoms with Gasteiger partial charge in [-0.05, 0) is 39.3 Å². The zero-order valence-electron chi connectivity index (χ0n) is 16.1. The Bertz CT molecular complexity index is 978. The van der Waals surface area contributed by atoms with Gasteiger partial charge in [0.15, 0.2) is 0 Å². The second-order valence-electron chi connectivity index (χ2n) is 7.03. The molecule has 0 unspecified atom stereocenters. The number of hydrogen-bond acceptors (Lipinski definition) is 7. The summed E-state index contributed by atoms with van der Waals surface area (Å²) in [6.45, 7) is 7.14. The molecule has 8 heteroatoms. The third-order valence-electron chi connectivity index (χ3n) is 4.90. The van der Waals surface area contributed by atoms with Crippen molar-refractivity contribution in [1.82, 2.24) is 19.9 Å². The smallest absolute Gasteiger partial charge is 0.319 e. The van der Waals surface area contributed by atoms with Crippen molar-refractivity contribution in [2.45, 2.75) is 39.7 Å². The van der Waals surface area contributed by atoms with Gasteiger partial charge in [-0.3, -0.25) is 4.98 Å². The minimum Gasteiger partial charge on any atom is -0.463 e. The van der Waals surface area contributed by atoms with Crippen LogP contribution in [0.1, 0.15) is 39.2 Å². The van der Waals surface area contributed by atoms with Crippen LogP contribution in [0.25, 0.3) is 0 Å². The van der Waals surface area contributed by atoms with E-state index in [4.69, 9.17) is 16.3 Å². The number of thiazole rings is 1. The lowest BCUT2D eigenvalue weighted by Crippen LogP contribution is -2.09. The Morgan fingerprint density at radius 1 is 1.21 bits per heavy atom. The number of aryl methyl sites for hydroxylation is 2. The monoisotopic (exact) mass is 415 g/mol. The molecule has 6 nitrogen and oxygen atoms in total. The molecule has 1 saturated carbocycles. The molecule has 3 aromatic rings. The minimum absolute atomic E-state index is 0.307. The van der Waals surface area contributed by atoms with Gasteiger partial charge in [-0.25, -0.2) is 4.98 Å². The van der Waals surface area contributed by atoms with Gasteiger partial charge in [-0.2, -0.15) is 9.97 Å². The Labute approximate surface area is 173 Å². The summed E-state index contributed by atoms with van der Waals surface area (Å²) in [5.41, 5.74) is 2.97. The Hall–Kier alpha value is -2.25. The van der Waals surface area contributed by atoms with Crippen LogP contribution < -0.4 is 10.1 Å². The molecule has 0 aromatic carbocycles. The highest BCUT2D eigenvalue weighted by atomic mass is 35.5. The highest BCUT2D eigenvalue weighted by Crippen LogP contribution is 2.46. The Morgan fingerprint density at radius 2 is 2.07 bits per heavy atom. The van der Waals surface area contributed by atoms with Crippen molar-refractivity contribution in [3.63, 3.8) is 0 Å². The predicted octanol–water partition coefficient (Wildman–Crippen LogP) is 4.70. The third kappa shape index (κ3) is 4.25. The summed E-state index contributed by atoms with van der Waals surface area (Å²) in [7, 11) is 0. The molecule has 0 spiro atoms. The molecule has 0 aliphatic heterocycles. The molecular weight excluding hydrogens is 394 g/mol. The first-order valence-electron chi connectivity index (χ1n) is 9.26. The van der Waals surface area contributed by atoms with Crippen LogP contribution in [0.15, 0.2) is 24.4 Å². The minimum atomic E-state index is 0.307. The van der Waals surface area contributed by atoms with E-state index in [0.717, 1.165) is 28.4 Å². The van der Waals surface area contributed by atoms with E-state index in [1.54, 1.807) is 11.3 Å². The molecule has 3 aromatic heterocycles. The van der Waals surface area contributed by atoms with Crippen molar-refractivity contribution in [1.29, 1.82) is 0 Å². The number of nitrogens with one attached hydrogen (secondary N) is 1. The molecule has 0 radical (unpaired) electrons. The Morgan fingerprint density at radius 3 is 2.79 bits per heavy atom. The van der Waals surface area contributed by atoms with Gasteiger partial charge in [0.1, 0.15) is 11.0 Å². The molecule has 2 atom stereocenters. The molecule has 1 N–H and O–H groups in total. The van der Waals surface area contributed by atoms with E-state index in [0.29, 0.717) is 42.0 Å². The van der Waals surface area contributed by atoms with Gasteiger partial charge < -0.3 is 10.1 Å². The van der Waals surface area contributed by atoms with Crippen molar-refractivity contribution < 1.29 is 4.74 Å². The van der Waals surface area contributed by atoms with Crippen molar-refractivity contribution in [2.24, 2.45) is 5.92 Å². The number of pyridine rings is 1. The maximum Gasteiger partial charge on any atom is 0.319 e. The number of halogens is 1. The van der Waals surface area contributed by atoms with E-state index >= 15 is 0 Å². The fourth-order valence-electron chi connectivity index (χ4n) is 3.18. The number of aromatic nitrogens is 4. The zero-order chi connectivity index (χ0) is 19.7. The lowest BCUT2D eigenvalue weighted by molar-refractivity contribution is 0.274. The van der Waals surface area contributed by atoms with Crippen LogP contribution in [0.2, 0.25) is 5.15 Å². The lowest BCUT2D eigenvalue weighted by Gasteiger charge is -2.11. The maximum absolute atomic E-state index is 6.30. The molecular formula is C20H22ClN5OS. The first-order chi connectivity index (χ1) is 13.5. The summed E-state index contributed by atoms with van der Waals surface area (Å²) < 4.78 is 5.85. The second-order valence-corrected chi connectivity index (χ2v) is 8.68.